The molecule has 0 radical (unpaired) electrons. The summed E-state index contributed by atoms with van der Waals surface area (Å²) < 4.78 is 4.94. The molecule has 1 aliphatic carbocycles. The van der Waals surface area contributed by atoms with Crippen LogP contribution in [0, 0.1) is 11.8 Å². The van der Waals surface area contributed by atoms with Crippen molar-refractivity contribution in [2.45, 2.75) is 13.3 Å². The van der Waals surface area contributed by atoms with Gasteiger partial charge in [-0.25, -0.2) is 5.84 Å². The molecule has 0 saturated heterocycles. The van der Waals surface area contributed by atoms with E-state index in [0.717, 1.165) is 18.4 Å². The van der Waals surface area contributed by atoms with Gasteiger partial charge in [0.2, 0.25) is 11.9 Å². The Morgan fingerprint density at radius 1 is 1.38 bits per heavy atom. The zero-order valence-corrected chi connectivity index (χ0v) is 9.40. The zero-order valence-electron chi connectivity index (χ0n) is 9.40. The molecule has 0 spiro atoms. The Kier molecular flexibility index (Phi) is 3.04. The number of nitrogen functional groups attached to an aromatic ring is 1. The van der Waals surface area contributed by atoms with Gasteiger partial charge in [0, 0.05) is 6.54 Å². The minimum Gasteiger partial charge on any atom is -0.467 e. The number of rotatable bonds is 5. The molecule has 88 valence electrons. The highest BCUT2D eigenvalue weighted by atomic mass is 16.5. The smallest absolute Gasteiger partial charge is 0.322 e. The quantitative estimate of drug-likeness (QED) is 0.486. The Bertz CT molecular complexity index is 349. The lowest BCUT2D eigenvalue weighted by atomic mass is 10.3. The molecule has 7 nitrogen and oxygen atoms in total. The summed E-state index contributed by atoms with van der Waals surface area (Å²) in [6.07, 6.45) is 1.26. The number of hydrazine groups is 1. The van der Waals surface area contributed by atoms with E-state index in [1.54, 1.807) is 0 Å². The van der Waals surface area contributed by atoms with Gasteiger partial charge >= 0.3 is 6.01 Å². The minimum atomic E-state index is 0.245. The maximum absolute atomic E-state index is 5.25. The monoisotopic (exact) mass is 224 g/mol. The fourth-order valence-corrected chi connectivity index (χ4v) is 1.50. The van der Waals surface area contributed by atoms with Crippen LogP contribution in [-0.4, -0.2) is 28.6 Å². The maximum Gasteiger partial charge on any atom is 0.322 e. The van der Waals surface area contributed by atoms with Gasteiger partial charge in [-0.3, -0.25) is 5.43 Å². The third-order valence-corrected chi connectivity index (χ3v) is 2.73. The van der Waals surface area contributed by atoms with Crippen molar-refractivity contribution >= 4 is 11.9 Å². The number of ether oxygens (including phenoxy) is 1. The number of aromatic nitrogens is 3. The van der Waals surface area contributed by atoms with Crippen molar-refractivity contribution in [2.24, 2.45) is 17.7 Å². The number of nitrogens with zero attached hydrogens (tertiary/aromatic N) is 3. The average Bonchev–Trinajstić information content (AvgIpc) is 3.02. The highest BCUT2D eigenvalue weighted by Crippen LogP contribution is 2.37. The third kappa shape index (κ3) is 2.48. The van der Waals surface area contributed by atoms with Crippen LogP contribution >= 0.6 is 0 Å². The normalized spacial score (nSPS) is 22.7. The van der Waals surface area contributed by atoms with Crippen LogP contribution in [-0.2, 0) is 0 Å². The standard InChI is InChI=1S/C9H16N6O/c1-5-3-6(5)4-11-7-12-8(15-10)14-9(13-7)16-2/h5-6H,3-4,10H2,1-2H3,(H2,11,12,13,14,15). The Balaban J connectivity index is 2.01. The van der Waals surface area contributed by atoms with Gasteiger partial charge in [-0.15, -0.1) is 0 Å². The molecule has 0 amide bonds. The van der Waals surface area contributed by atoms with E-state index in [4.69, 9.17) is 10.6 Å². The molecular formula is C9H16N6O. The average molecular weight is 224 g/mol. The van der Waals surface area contributed by atoms with E-state index in [9.17, 15) is 0 Å². The first kappa shape index (κ1) is 10.9. The molecule has 2 unspecified atom stereocenters. The summed E-state index contributed by atoms with van der Waals surface area (Å²) in [5.41, 5.74) is 2.37. The van der Waals surface area contributed by atoms with Gasteiger partial charge in [0.15, 0.2) is 0 Å². The molecule has 0 aliphatic heterocycles. The van der Waals surface area contributed by atoms with E-state index >= 15 is 0 Å². The maximum atomic E-state index is 5.25. The summed E-state index contributed by atoms with van der Waals surface area (Å²) in [6.45, 7) is 3.10. The van der Waals surface area contributed by atoms with Crippen LogP contribution in [0.3, 0.4) is 0 Å². The van der Waals surface area contributed by atoms with Crippen LogP contribution in [0.25, 0.3) is 0 Å². The number of nitrogens with one attached hydrogen (secondary N) is 2. The third-order valence-electron chi connectivity index (χ3n) is 2.73. The van der Waals surface area contributed by atoms with E-state index in [-0.39, 0.29) is 12.0 Å². The summed E-state index contributed by atoms with van der Waals surface area (Å²) >= 11 is 0. The molecule has 7 heteroatoms. The van der Waals surface area contributed by atoms with Gasteiger partial charge in [0.1, 0.15) is 0 Å². The predicted octanol–water partition coefficient (Wildman–Crippen LogP) is 0.234. The highest BCUT2D eigenvalue weighted by Gasteiger charge is 2.32. The molecular weight excluding hydrogens is 208 g/mol. The van der Waals surface area contributed by atoms with Crippen molar-refractivity contribution in [3.8, 4) is 6.01 Å². The predicted molar refractivity (Wildman–Crippen MR) is 59.9 cm³/mol. The molecule has 4 N–H and O–H groups in total. The van der Waals surface area contributed by atoms with Crippen LogP contribution in [0.15, 0.2) is 0 Å². The van der Waals surface area contributed by atoms with E-state index in [1.165, 1.54) is 13.5 Å². The SMILES string of the molecule is COc1nc(NN)nc(NCC2CC2C)n1. The Morgan fingerprint density at radius 2 is 2.06 bits per heavy atom. The Labute approximate surface area is 93.8 Å². The van der Waals surface area contributed by atoms with Crippen LogP contribution in [0.5, 0.6) is 6.01 Å². The van der Waals surface area contributed by atoms with Gasteiger partial charge in [0.25, 0.3) is 0 Å². The minimum absolute atomic E-state index is 0.245. The van der Waals surface area contributed by atoms with Gasteiger partial charge in [-0.05, 0) is 18.3 Å². The van der Waals surface area contributed by atoms with Crippen molar-refractivity contribution in [2.75, 3.05) is 24.4 Å². The lowest BCUT2D eigenvalue weighted by molar-refractivity contribution is 0.379. The largest absolute Gasteiger partial charge is 0.467 e. The van der Waals surface area contributed by atoms with Crippen LogP contribution in [0.2, 0.25) is 0 Å². The summed E-state index contributed by atoms with van der Waals surface area (Å²) in [4.78, 5) is 12.1. The summed E-state index contributed by atoms with van der Waals surface area (Å²) in [5.74, 6) is 7.54. The van der Waals surface area contributed by atoms with Crippen molar-refractivity contribution in [3.05, 3.63) is 0 Å². The Morgan fingerprint density at radius 3 is 2.62 bits per heavy atom. The summed E-state index contributed by atoms with van der Waals surface area (Å²) in [5, 5.41) is 3.15. The second-order valence-electron chi connectivity index (χ2n) is 3.97. The number of hydrogen-bond donors (Lipinski definition) is 3. The molecule has 1 saturated carbocycles. The van der Waals surface area contributed by atoms with E-state index in [1.807, 2.05) is 0 Å². The van der Waals surface area contributed by atoms with E-state index in [0.29, 0.717) is 5.95 Å². The molecule has 1 aromatic rings. The summed E-state index contributed by atoms with van der Waals surface area (Å²) in [6, 6.07) is 0.245. The molecule has 0 bridgehead atoms. The van der Waals surface area contributed by atoms with Crippen molar-refractivity contribution in [1.82, 2.24) is 15.0 Å². The molecule has 1 aromatic heterocycles. The van der Waals surface area contributed by atoms with Gasteiger partial charge in [0.05, 0.1) is 7.11 Å². The van der Waals surface area contributed by atoms with E-state index < -0.39 is 0 Å². The fraction of sp³-hybridized carbons (Fsp3) is 0.667. The molecule has 1 fully saturated rings. The van der Waals surface area contributed by atoms with Gasteiger partial charge in [-0.1, -0.05) is 6.92 Å². The van der Waals surface area contributed by atoms with Gasteiger partial charge in [-0.2, -0.15) is 15.0 Å². The van der Waals surface area contributed by atoms with E-state index in [2.05, 4.69) is 32.6 Å². The second kappa shape index (κ2) is 4.48. The van der Waals surface area contributed by atoms with Crippen molar-refractivity contribution in [3.63, 3.8) is 0 Å². The zero-order chi connectivity index (χ0) is 11.5. The first-order valence-electron chi connectivity index (χ1n) is 5.23. The highest BCUT2D eigenvalue weighted by molar-refractivity contribution is 5.35. The van der Waals surface area contributed by atoms with Crippen LogP contribution in [0.1, 0.15) is 13.3 Å². The molecule has 1 aliphatic rings. The molecule has 0 aromatic carbocycles. The topological polar surface area (TPSA) is 98.0 Å². The molecule has 2 atom stereocenters. The lowest BCUT2D eigenvalue weighted by Gasteiger charge is -2.06. The molecule has 16 heavy (non-hydrogen) atoms. The first-order valence-corrected chi connectivity index (χ1v) is 5.23. The van der Waals surface area contributed by atoms with Crippen molar-refractivity contribution < 1.29 is 4.74 Å². The fourth-order valence-electron chi connectivity index (χ4n) is 1.50. The first-order chi connectivity index (χ1) is 7.72. The van der Waals surface area contributed by atoms with Crippen molar-refractivity contribution in [1.29, 1.82) is 0 Å². The van der Waals surface area contributed by atoms with Gasteiger partial charge < -0.3 is 10.1 Å². The van der Waals surface area contributed by atoms with Crippen LogP contribution in [0.4, 0.5) is 11.9 Å². The second-order valence-corrected chi connectivity index (χ2v) is 3.97. The number of nitrogens with two attached hydrogens (primary N) is 1. The number of hydrogen-bond acceptors (Lipinski definition) is 7. The molecule has 1 heterocycles. The lowest BCUT2D eigenvalue weighted by Crippen LogP contribution is -2.15. The number of anilines is 2. The van der Waals surface area contributed by atoms with Crippen LogP contribution < -0.4 is 21.3 Å². The molecule has 2 rings (SSSR count). The number of methoxy groups -OCH3 is 1. The summed E-state index contributed by atoms with van der Waals surface area (Å²) in [7, 11) is 1.50. The Hall–Kier alpha value is -1.63.